The molecule has 10 heteroatoms. The number of carbonyl (C=O) groups is 4. The summed E-state index contributed by atoms with van der Waals surface area (Å²) in [6.07, 6.45) is 0. The van der Waals surface area contributed by atoms with E-state index in [0.29, 0.717) is 22.7 Å². The molecule has 0 aliphatic rings. The highest BCUT2D eigenvalue weighted by molar-refractivity contribution is 5.96. The zero-order valence-electron chi connectivity index (χ0n) is 18.8. The van der Waals surface area contributed by atoms with Crippen molar-refractivity contribution in [3.8, 4) is 11.5 Å². The van der Waals surface area contributed by atoms with Crippen molar-refractivity contribution in [3.05, 3.63) is 90.0 Å². The van der Waals surface area contributed by atoms with Crippen LogP contribution in [0, 0.1) is 0 Å². The van der Waals surface area contributed by atoms with Crippen LogP contribution in [0.4, 0.5) is 5.69 Å². The molecule has 3 amide bonds. The second-order valence-electron chi connectivity index (χ2n) is 7.04. The average molecular weight is 477 g/mol. The van der Waals surface area contributed by atoms with Crippen molar-refractivity contribution in [2.45, 2.75) is 0 Å². The van der Waals surface area contributed by atoms with Crippen LogP contribution in [0.3, 0.4) is 0 Å². The van der Waals surface area contributed by atoms with Gasteiger partial charge in [0.25, 0.3) is 17.7 Å². The molecule has 0 aromatic heterocycles. The Labute approximate surface area is 201 Å². The summed E-state index contributed by atoms with van der Waals surface area (Å²) in [4.78, 5) is 47.9. The first kappa shape index (κ1) is 24.8. The van der Waals surface area contributed by atoms with Gasteiger partial charge in [-0.05, 0) is 48.5 Å². The van der Waals surface area contributed by atoms with Crippen molar-refractivity contribution < 1.29 is 33.4 Å². The summed E-state index contributed by atoms with van der Waals surface area (Å²) in [7, 11) is 1.53. The zero-order valence-corrected chi connectivity index (χ0v) is 18.8. The van der Waals surface area contributed by atoms with Gasteiger partial charge in [-0.3, -0.25) is 25.2 Å². The zero-order chi connectivity index (χ0) is 25.0. The van der Waals surface area contributed by atoms with E-state index in [1.54, 1.807) is 54.6 Å². The lowest BCUT2D eigenvalue weighted by Crippen LogP contribution is -2.43. The monoisotopic (exact) mass is 477 g/mol. The van der Waals surface area contributed by atoms with Crippen molar-refractivity contribution >= 4 is 29.4 Å². The lowest BCUT2D eigenvalue weighted by atomic mass is 10.2. The van der Waals surface area contributed by atoms with E-state index in [1.807, 2.05) is 0 Å². The van der Waals surface area contributed by atoms with E-state index in [0.717, 1.165) is 0 Å². The second-order valence-corrected chi connectivity index (χ2v) is 7.04. The number of methoxy groups -OCH3 is 1. The Morgan fingerprint density at radius 2 is 1.46 bits per heavy atom. The Bertz CT molecular complexity index is 1180. The van der Waals surface area contributed by atoms with E-state index >= 15 is 0 Å². The summed E-state index contributed by atoms with van der Waals surface area (Å²) >= 11 is 0. The van der Waals surface area contributed by atoms with Crippen molar-refractivity contribution in [2.75, 3.05) is 25.6 Å². The molecule has 10 nitrogen and oxygen atoms in total. The summed E-state index contributed by atoms with van der Waals surface area (Å²) in [5.41, 5.74) is 5.51. The van der Waals surface area contributed by atoms with Gasteiger partial charge in [0, 0.05) is 17.3 Å². The van der Waals surface area contributed by atoms with Crippen LogP contribution in [0.1, 0.15) is 20.7 Å². The highest BCUT2D eigenvalue weighted by Gasteiger charge is 2.12. The molecule has 0 saturated carbocycles. The van der Waals surface area contributed by atoms with E-state index in [-0.39, 0.29) is 18.1 Å². The summed E-state index contributed by atoms with van der Waals surface area (Å²) in [5.74, 6) is -1.34. The average Bonchev–Trinajstić information content (AvgIpc) is 2.90. The fourth-order valence-electron chi connectivity index (χ4n) is 2.77. The number of nitrogens with one attached hydrogen (secondary N) is 3. The van der Waals surface area contributed by atoms with Gasteiger partial charge in [0.05, 0.1) is 12.7 Å². The molecule has 35 heavy (non-hydrogen) atoms. The second kappa shape index (κ2) is 12.4. The molecule has 0 radical (unpaired) electrons. The number of amides is 3. The Morgan fingerprint density at radius 1 is 0.714 bits per heavy atom. The molecular formula is C25H23N3O7. The van der Waals surface area contributed by atoms with Gasteiger partial charge in [-0.15, -0.1) is 0 Å². The Hall–Kier alpha value is -4.86. The summed E-state index contributed by atoms with van der Waals surface area (Å²) in [5, 5.41) is 2.69. The molecule has 0 unspecified atom stereocenters. The quantitative estimate of drug-likeness (QED) is 0.318. The number of anilines is 1. The van der Waals surface area contributed by atoms with Crippen molar-refractivity contribution in [2.24, 2.45) is 0 Å². The van der Waals surface area contributed by atoms with Crippen LogP contribution in [-0.2, 0) is 14.3 Å². The van der Waals surface area contributed by atoms with Crippen molar-refractivity contribution in [1.82, 2.24) is 10.9 Å². The number of ether oxygens (including phenoxy) is 3. The number of hydrogen-bond donors (Lipinski definition) is 3. The maximum atomic E-state index is 12.1. The Kier molecular flexibility index (Phi) is 8.78. The fourth-order valence-corrected chi connectivity index (χ4v) is 2.77. The molecule has 0 fully saturated rings. The predicted octanol–water partition coefficient (Wildman–Crippen LogP) is 2.33. The normalized spacial score (nSPS) is 9.97. The minimum absolute atomic E-state index is 0.180. The molecule has 0 atom stereocenters. The molecule has 0 saturated heterocycles. The van der Waals surface area contributed by atoms with Gasteiger partial charge in [-0.25, -0.2) is 4.79 Å². The summed E-state index contributed by atoms with van der Waals surface area (Å²) in [6, 6.07) is 21.1. The number of esters is 1. The molecule has 3 aromatic carbocycles. The number of benzene rings is 3. The number of carbonyl (C=O) groups excluding carboxylic acids is 4. The largest absolute Gasteiger partial charge is 0.497 e. The van der Waals surface area contributed by atoms with Crippen LogP contribution in [-0.4, -0.2) is 44.0 Å². The summed E-state index contributed by atoms with van der Waals surface area (Å²) in [6.45, 7) is -0.827. The highest BCUT2D eigenvalue weighted by atomic mass is 16.5. The molecule has 0 bridgehead atoms. The molecule has 0 spiro atoms. The van der Waals surface area contributed by atoms with Crippen molar-refractivity contribution in [3.63, 3.8) is 0 Å². The van der Waals surface area contributed by atoms with Crippen LogP contribution >= 0.6 is 0 Å². The van der Waals surface area contributed by atoms with Gasteiger partial charge < -0.3 is 19.5 Å². The lowest BCUT2D eigenvalue weighted by molar-refractivity contribution is -0.125. The molecule has 3 N–H and O–H groups in total. The summed E-state index contributed by atoms with van der Waals surface area (Å²) < 4.78 is 15.5. The molecule has 0 heterocycles. The van der Waals surface area contributed by atoms with E-state index in [2.05, 4.69) is 16.2 Å². The number of rotatable bonds is 9. The Morgan fingerprint density at radius 3 is 2.17 bits per heavy atom. The van der Waals surface area contributed by atoms with E-state index < -0.39 is 24.4 Å². The SMILES string of the molecule is COc1cccc(NC(=O)COc2ccc(C(=O)OCC(=O)NNC(=O)c3ccccc3)cc2)c1. The van der Waals surface area contributed by atoms with Gasteiger partial charge in [-0.1, -0.05) is 24.3 Å². The van der Waals surface area contributed by atoms with E-state index in [9.17, 15) is 19.2 Å². The minimum atomic E-state index is -0.739. The first-order valence-corrected chi connectivity index (χ1v) is 10.4. The topological polar surface area (TPSA) is 132 Å². The Balaban J connectivity index is 1.39. The van der Waals surface area contributed by atoms with Crippen LogP contribution in [0.2, 0.25) is 0 Å². The first-order valence-electron chi connectivity index (χ1n) is 10.4. The van der Waals surface area contributed by atoms with Gasteiger partial charge in [0.15, 0.2) is 13.2 Å². The third kappa shape index (κ3) is 7.90. The molecular weight excluding hydrogens is 454 g/mol. The molecule has 0 aliphatic heterocycles. The van der Waals surface area contributed by atoms with Crippen LogP contribution in [0.15, 0.2) is 78.9 Å². The van der Waals surface area contributed by atoms with E-state index in [4.69, 9.17) is 14.2 Å². The van der Waals surface area contributed by atoms with Gasteiger partial charge in [-0.2, -0.15) is 0 Å². The number of hydrogen-bond acceptors (Lipinski definition) is 7. The lowest BCUT2D eigenvalue weighted by Gasteiger charge is -2.10. The van der Waals surface area contributed by atoms with Crippen LogP contribution in [0.5, 0.6) is 11.5 Å². The van der Waals surface area contributed by atoms with Gasteiger partial charge in [0.1, 0.15) is 11.5 Å². The molecule has 0 aliphatic carbocycles. The van der Waals surface area contributed by atoms with Crippen molar-refractivity contribution in [1.29, 1.82) is 0 Å². The van der Waals surface area contributed by atoms with E-state index in [1.165, 1.54) is 31.4 Å². The van der Waals surface area contributed by atoms with Gasteiger partial charge in [0.2, 0.25) is 0 Å². The third-order valence-corrected chi connectivity index (χ3v) is 4.50. The number of hydrazine groups is 1. The fraction of sp³-hybridized carbons (Fsp3) is 0.120. The van der Waals surface area contributed by atoms with Gasteiger partial charge >= 0.3 is 5.97 Å². The molecule has 3 aromatic rings. The molecule has 180 valence electrons. The maximum Gasteiger partial charge on any atom is 0.338 e. The third-order valence-electron chi connectivity index (χ3n) is 4.50. The van der Waals surface area contributed by atoms with Crippen LogP contribution < -0.4 is 25.6 Å². The molecule has 3 rings (SSSR count). The minimum Gasteiger partial charge on any atom is -0.497 e. The van der Waals surface area contributed by atoms with Crippen LogP contribution in [0.25, 0.3) is 0 Å². The standard InChI is InChI=1S/C25H23N3O7/c1-33-21-9-5-8-19(14-21)26-22(29)15-34-20-12-10-18(11-13-20)25(32)35-16-23(30)27-28-24(31)17-6-3-2-4-7-17/h2-14H,15-16H2,1H3,(H,26,29)(H,27,30)(H,28,31). The first-order chi connectivity index (χ1) is 16.9. The predicted molar refractivity (Wildman–Crippen MR) is 126 cm³/mol. The smallest absolute Gasteiger partial charge is 0.338 e. The maximum absolute atomic E-state index is 12.1. The highest BCUT2D eigenvalue weighted by Crippen LogP contribution is 2.17.